The molecule has 4 nitrogen and oxygen atoms in total. The Labute approximate surface area is 134 Å². The van der Waals surface area contributed by atoms with Crippen molar-refractivity contribution in [3.63, 3.8) is 0 Å². The van der Waals surface area contributed by atoms with Gasteiger partial charge in [0.25, 0.3) is 0 Å². The maximum atomic E-state index is 12.6. The molecule has 2 N–H and O–H groups in total. The second-order valence-corrected chi connectivity index (χ2v) is 4.70. The highest BCUT2D eigenvalue weighted by atomic mass is 19.4. The number of alkyl halides is 3. The first kappa shape index (κ1) is 17.1. The van der Waals surface area contributed by atoms with Crippen molar-refractivity contribution in [2.24, 2.45) is 0 Å². The number of halogens is 3. The van der Waals surface area contributed by atoms with Crippen molar-refractivity contribution in [3.05, 3.63) is 70.3 Å². The Kier molecular flexibility index (Phi) is 4.60. The molecule has 0 aliphatic rings. The summed E-state index contributed by atoms with van der Waals surface area (Å²) in [7, 11) is 0. The fourth-order valence-corrected chi connectivity index (χ4v) is 1.90. The normalized spacial score (nSPS) is 10.6. The predicted molar refractivity (Wildman–Crippen MR) is 77.8 cm³/mol. The molecule has 0 unspecified atom stereocenters. The molecule has 0 aromatic heterocycles. The van der Waals surface area contributed by atoms with E-state index in [1.807, 2.05) is 0 Å². The molecule has 2 aromatic rings. The van der Waals surface area contributed by atoms with Crippen molar-refractivity contribution in [1.29, 1.82) is 0 Å². The molecule has 0 bridgehead atoms. The number of aromatic carboxylic acids is 2. The fraction of sp³-hybridized carbons (Fsp3) is 0.0588. The van der Waals surface area contributed by atoms with Gasteiger partial charge in [0.15, 0.2) is 0 Å². The first-order valence-corrected chi connectivity index (χ1v) is 6.48. The second kappa shape index (κ2) is 6.46. The maximum Gasteiger partial charge on any atom is 0.416 e. The molecule has 0 saturated carbocycles. The Bertz CT molecular complexity index is 873. The van der Waals surface area contributed by atoms with Crippen LogP contribution in [0.5, 0.6) is 0 Å². The molecular weight excluding hydrogens is 325 g/mol. The van der Waals surface area contributed by atoms with Crippen LogP contribution < -0.4 is 0 Å². The molecule has 2 aromatic carbocycles. The number of hydrogen-bond donors (Lipinski definition) is 2. The summed E-state index contributed by atoms with van der Waals surface area (Å²) < 4.78 is 37.9. The molecule has 0 fully saturated rings. The minimum atomic E-state index is -4.49. The molecule has 7 heteroatoms. The quantitative estimate of drug-likeness (QED) is 0.824. The molecule has 24 heavy (non-hydrogen) atoms. The van der Waals surface area contributed by atoms with E-state index in [0.29, 0.717) is 0 Å². The number of hydrogen-bond acceptors (Lipinski definition) is 2. The molecule has 0 heterocycles. The van der Waals surface area contributed by atoms with Gasteiger partial charge in [0.05, 0.1) is 16.7 Å². The summed E-state index contributed by atoms with van der Waals surface area (Å²) in [6.45, 7) is 0. The summed E-state index contributed by atoms with van der Waals surface area (Å²) in [5.41, 5.74) is -1.41. The van der Waals surface area contributed by atoms with Gasteiger partial charge in [-0.1, -0.05) is 17.9 Å². The molecule has 0 radical (unpaired) electrons. The fourth-order valence-electron chi connectivity index (χ4n) is 1.90. The summed E-state index contributed by atoms with van der Waals surface area (Å²) in [4.78, 5) is 22.0. The third-order valence-electron chi connectivity index (χ3n) is 3.02. The van der Waals surface area contributed by atoms with E-state index < -0.39 is 34.8 Å². The summed E-state index contributed by atoms with van der Waals surface area (Å²) in [6, 6.07) is 7.81. The largest absolute Gasteiger partial charge is 0.478 e. The van der Waals surface area contributed by atoms with Crippen LogP contribution in [0.2, 0.25) is 0 Å². The van der Waals surface area contributed by atoms with E-state index in [0.717, 1.165) is 24.3 Å². The minimum Gasteiger partial charge on any atom is -0.478 e. The van der Waals surface area contributed by atoms with Crippen LogP contribution in [0.3, 0.4) is 0 Å². The monoisotopic (exact) mass is 334 g/mol. The van der Waals surface area contributed by atoms with Crippen LogP contribution >= 0.6 is 0 Å². The Hall–Kier alpha value is -3.27. The lowest BCUT2D eigenvalue weighted by molar-refractivity contribution is -0.137. The van der Waals surface area contributed by atoms with Crippen LogP contribution in [-0.4, -0.2) is 22.2 Å². The van der Waals surface area contributed by atoms with E-state index >= 15 is 0 Å². The number of benzene rings is 2. The second-order valence-electron chi connectivity index (χ2n) is 4.70. The molecule has 0 spiro atoms. The molecule has 0 amide bonds. The molecule has 0 aliphatic heterocycles. The standard InChI is InChI=1S/C17H9F3O4/c18-17(19,20)12-3-1-2-10(8-12)4-5-11-6-7-13(15(21)22)14(9-11)16(23)24/h1-3,6-9H,(H,21,22)(H,23,24). The molecule has 0 saturated heterocycles. The van der Waals surface area contributed by atoms with E-state index in [2.05, 4.69) is 11.8 Å². The molecular formula is C17H9F3O4. The van der Waals surface area contributed by atoms with Crippen LogP contribution in [0.25, 0.3) is 0 Å². The Morgan fingerprint density at radius 2 is 1.42 bits per heavy atom. The van der Waals surface area contributed by atoms with Gasteiger partial charge in [0.1, 0.15) is 0 Å². The number of carbonyl (C=O) groups is 2. The van der Waals surface area contributed by atoms with Gasteiger partial charge in [-0.25, -0.2) is 9.59 Å². The maximum absolute atomic E-state index is 12.6. The first-order valence-electron chi connectivity index (χ1n) is 6.48. The lowest BCUT2D eigenvalue weighted by Gasteiger charge is -2.05. The SMILES string of the molecule is O=C(O)c1ccc(C#Cc2cccc(C(F)(F)F)c2)cc1C(=O)O. The summed E-state index contributed by atoms with van der Waals surface area (Å²) >= 11 is 0. The lowest BCUT2D eigenvalue weighted by atomic mass is 10.0. The number of carboxylic acid groups (broad SMARTS) is 2. The zero-order chi connectivity index (χ0) is 17.9. The summed E-state index contributed by atoms with van der Waals surface area (Å²) in [5, 5.41) is 17.9. The molecule has 122 valence electrons. The van der Waals surface area contributed by atoms with Gasteiger partial charge in [-0.15, -0.1) is 0 Å². The van der Waals surface area contributed by atoms with E-state index in [4.69, 9.17) is 10.2 Å². The highest BCUT2D eigenvalue weighted by Crippen LogP contribution is 2.29. The lowest BCUT2D eigenvalue weighted by Crippen LogP contribution is -2.08. The van der Waals surface area contributed by atoms with E-state index in [-0.39, 0.29) is 11.1 Å². The average Bonchev–Trinajstić information content (AvgIpc) is 2.52. The molecule has 0 aliphatic carbocycles. The van der Waals surface area contributed by atoms with Gasteiger partial charge < -0.3 is 10.2 Å². The van der Waals surface area contributed by atoms with Crippen molar-refractivity contribution in [1.82, 2.24) is 0 Å². The van der Waals surface area contributed by atoms with Gasteiger partial charge in [-0.3, -0.25) is 0 Å². The van der Waals surface area contributed by atoms with E-state index in [1.165, 1.54) is 18.2 Å². The van der Waals surface area contributed by atoms with Gasteiger partial charge in [0.2, 0.25) is 0 Å². The number of carboxylic acids is 2. The van der Waals surface area contributed by atoms with Gasteiger partial charge >= 0.3 is 18.1 Å². The minimum absolute atomic E-state index is 0.101. The van der Waals surface area contributed by atoms with Crippen LogP contribution in [-0.2, 0) is 6.18 Å². The van der Waals surface area contributed by atoms with Crippen LogP contribution in [0.4, 0.5) is 13.2 Å². The van der Waals surface area contributed by atoms with Gasteiger partial charge in [0, 0.05) is 11.1 Å². The van der Waals surface area contributed by atoms with Crippen molar-refractivity contribution in [2.45, 2.75) is 6.18 Å². The topological polar surface area (TPSA) is 74.6 Å². The summed E-state index contributed by atoms with van der Waals surface area (Å²) in [6.07, 6.45) is -4.49. The summed E-state index contributed by atoms with van der Waals surface area (Å²) in [5.74, 6) is 2.19. The van der Waals surface area contributed by atoms with Crippen molar-refractivity contribution >= 4 is 11.9 Å². The Morgan fingerprint density at radius 3 is 1.96 bits per heavy atom. The third-order valence-corrected chi connectivity index (χ3v) is 3.02. The third kappa shape index (κ3) is 3.93. The Morgan fingerprint density at radius 1 is 0.833 bits per heavy atom. The van der Waals surface area contributed by atoms with Crippen molar-refractivity contribution < 1.29 is 33.0 Å². The average molecular weight is 334 g/mol. The van der Waals surface area contributed by atoms with Gasteiger partial charge in [-0.2, -0.15) is 13.2 Å². The molecule has 2 rings (SSSR count). The van der Waals surface area contributed by atoms with E-state index in [9.17, 15) is 22.8 Å². The van der Waals surface area contributed by atoms with Crippen LogP contribution in [0.15, 0.2) is 42.5 Å². The zero-order valence-electron chi connectivity index (χ0n) is 11.9. The first-order chi connectivity index (χ1) is 11.2. The predicted octanol–water partition coefficient (Wildman–Crippen LogP) is 3.50. The van der Waals surface area contributed by atoms with Gasteiger partial charge in [-0.05, 0) is 36.4 Å². The smallest absolute Gasteiger partial charge is 0.416 e. The number of rotatable bonds is 2. The highest BCUT2D eigenvalue weighted by molar-refractivity contribution is 6.01. The van der Waals surface area contributed by atoms with Crippen LogP contribution in [0.1, 0.15) is 37.4 Å². The van der Waals surface area contributed by atoms with E-state index in [1.54, 1.807) is 0 Å². The highest BCUT2D eigenvalue weighted by Gasteiger charge is 2.30. The van der Waals surface area contributed by atoms with Crippen LogP contribution in [0, 0.1) is 11.8 Å². The van der Waals surface area contributed by atoms with Crippen molar-refractivity contribution in [3.8, 4) is 11.8 Å². The zero-order valence-corrected chi connectivity index (χ0v) is 11.9. The molecule has 0 atom stereocenters. The Balaban J connectivity index is 2.40. The van der Waals surface area contributed by atoms with Crippen molar-refractivity contribution in [2.75, 3.05) is 0 Å².